The number of aromatic nitrogens is 6. The molecule has 11 nitrogen and oxygen atoms in total. The van der Waals surface area contributed by atoms with Crippen LogP contribution in [0.5, 0.6) is 0 Å². The third-order valence-corrected chi connectivity index (χ3v) is 5.82. The van der Waals surface area contributed by atoms with Crippen LogP contribution in [0.4, 0.5) is 14.3 Å². The summed E-state index contributed by atoms with van der Waals surface area (Å²) in [5, 5.41) is 9.66. The number of likely N-dealkylation sites (N-methyl/N-ethyl adjacent to an activating group) is 1. The first-order valence-corrected chi connectivity index (χ1v) is 11.1. The highest BCUT2D eigenvalue weighted by atomic mass is 32.1. The molecule has 0 fully saturated rings. The number of amides is 3. The lowest BCUT2D eigenvalue weighted by molar-refractivity contribution is -0.129. The molecule has 0 aliphatic rings. The Bertz CT molecular complexity index is 1350. The fraction of sp³-hybridized carbons (Fsp3) is 0.286. The van der Waals surface area contributed by atoms with Gasteiger partial charge in [-0.1, -0.05) is 12.1 Å². The summed E-state index contributed by atoms with van der Waals surface area (Å²) in [5.74, 6) is 0.392. The predicted octanol–water partition coefficient (Wildman–Crippen LogP) is 2.25. The molecule has 0 aliphatic carbocycles. The Morgan fingerprint density at radius 1 is 1.24 bits per heavy atom. The van der Waals surface area contributed by atoms with Crippen molar-refractivity contribution in [2.24, 2.45) is 0 Å². The molecule has 0 spiro atoms. The number of rotatable bonds is 7. The molecule has 0 bridgehead atoms. The van der Waals surface area contributed by atoms with E-state index in [0.29, 0.717) is 22.3 Å². The minimum absolute atomic E-state index is 0.135. The van der Waals surface area contributed by atoms with E-state index in [0.717, 1.165) is 28.5 Å². The molecule has 0 unspecified atom stereocenters. The Morgan fingerprint density at radius 2 is 2.06 bits per heavy atom. The van der Waals surface area contributed by atoms with Crippen molar-refractivity contribution >= 4 is 34.4 Å². The summed E-state index contributed by atoms with van der Waals surface area (Å²) in [6.07, 6.45) is 1.57. The Hall–Kier alpha value is -4.00. The number of nitrogens with one attached hydrogen (secondary N) is 2. The summed E-state index contributed by atoms with van der Waals surface area (Å²) in [6, 6.07) is 5.48. The summed E-state index contributed by atoms with van der Waals surface area (Å²) in [4.78, 5) is 39.2. The Kier molecular flexibility index (Phi) is 6.72. The molecule has 0 radical (unpaired) electrons. The van der Waals surface area contributed by atoms with Crippen LogP contribution in [0.1, 0.15) is 28.3 Å². The van der Waals surface area contributed by atoms with E-state index in [1.165, 1.54) is 23.4 Å². The molecular formula is C21H22FN9O2S. The molecule has 3 amide bonds. The van der Waals surface area contributed by atoms with E-state index in [-0.39, 0.29) is 31.2 Å². The Morgan fingerprint density at radius 3 is 2.85 bits per heavy atom. The highest BCUT2D eigenvalue weighted by molar-refractivity contribution is 7.09. The van der Waals surface area contributed by atoms with E-state index in [1.54, 1.807) is 23.7 Å². The second-order valence-electron chi connectivity index (χ2n) is 7.61. The SMILES string of the molecule is Cc1nc2ncnn2c(C)c1CC(=O)N(C)Cc1nsc(NC(=O)NCc2cccc(F)c2)n1. The third-order valence-electron chi connectivity index (χ3n) is 5.15. The minimum atomic E-state index is -0.488. The van der Waals surface area contributed by atoms with Gasteiger partial charge in [0.25, 0.3) is 5.78 Å². The summed E-state index contributed by atoms with van der Waals surface area (Å²) < 4.78 is 19.0. The van der Waals surface area contributed by atoms with Crippen LogP contribution in [0.15, 0.2) is 30.6 Å². The van der Waals surface area contributed by atoms with Gasteiger partial charge in [-0.2, -0.15) is 14.5 Å². The molecule has 0 aliphatic heterocycles. The van der Waals surface area contributed by atoms with Gasteiger partial charge in [-0.25, -0.2) is 23.7 Å². The van der Waals surface area contributed by atoms with Crippen molar-refractivity contribution in [2.45, 2.75) is 33.4 Å². The number of fused-ring (bicyclic) bond motifs is 1. The van der Waals surface area contributed by atoms with Crippen LogP contribution < -0.4 is 10.6 Å². The van der Waals surface area contributed by atoms with Crippen molar-refractivity contribution in [3.8, 4) is 0 Å². The number of anilines is 1. The molecule has 176 valence electrons. The maximum absolute atomic E-state index is 13.2. The zero-order valence-electron chi connectivity index (χ0n) is 18.7. The molecular weight excluding hydrogens is 461 g/mol. The molecule has 0 saturated heterocycles. The molecule has 4 aromatic rings. The molecule has 4 rings (SSSR count). The number of carbonyl (C=O) groups excluding carboxylic acids is 2. The molecule has 0 atom stereocenters. The summed E-state index contributed by atoms with van der Waals surface area (Å²) in [6.45, 7) is 4.06. The average Bonchev–Trinajstić information content (AvgIpc) is 3.44. The van der Waals surface area contributed by atoms with Crippen molar-refractivity contribution in [1.82, 2.24) is 39.2 Å². The number of hydrogen-bond donors (Lipinski definition) is 2. The van der Waals surface area contributed by atoms with E-state index in [1.807, 2.05) is 13.8 Å². The lowest BCUT2D eigenvalue weighted by Gasteiger charge is -2.17. The summed E-state index contributed by atoms with van der Waals surface area (Å²) >= 11 is 1.01. The number of carbonyl (C=O) groups is 2. The van der Waals surface area contributed by atoms with E-state index >= 15 is 0 Å². The molecule has 3 heterocycles. The number of aryl methyl sites for hydroxylation is 2. The zero-order valence-corrected chi connectivity index (χ0v) is 19.6. The molecule has 34 heavy (non-hydrogen) atoms. The Balaban J connectivity index is 1.32. The topological polar surface area (TPSA) is 130 Å². The fourth-order valence-corrected chi connectivity index (χ4v) is 3.91. The number of benzene rings is 1. The van der Waals surface area contributed by atoms with Crippen LogP contribution in [0.2, 0.25) is 0 Å². The van der Waals surface area contributed by atoms with Gasteiger partial charge in [0.1, 0.15) is 12.1 Å². The van der Waals surface area contributed by atoms with Crippen molar-refractivity contribution in [3.05, 3.63) is 64.7 Å². The molecule has 0 saturated carbocycles. The smallest absolute Gasteiger partial charge is 0.321 e. The Labute approximate surface area is 198 Å². The van der Waals surface area contributed by atoms with Gasteiger partial charge in [-0.15, -0.1) is 0 Å². The predicted molar refractivity (Wildman–Crippen MR) is 123 cm³/mol. The first kappa shape index (κ1) is 23.2. The first-order chi connectivity index (χ1) is 16.3. The highest BCUT2D eigenvalue weighted by Gasteiger charge is 2.18. The lowest BCUT2D eigenvalue weighted by atomic mass is 10.1. The van der Waals surface area contributed by atoms with Gasteiger partial charge in [0.05, 0.1) is 13.0 Å². The quantitative estimate of drug-likeness (QED) is 0.412. The lowest BCUT2D eigenvalue weighted by Crippen LogP contribution is -2.29. The second kappa shape index (κ2) is 9.87. The van der Waals surface area contributed by atoms with Crippen molar-refractivity contribution in [1.29, 1.82) is 0 Å². The maximum Gasteiger partial charge on any atom is 0.321 e. The normalized spacial score (nSPS) is 10.9. The first-order valence-electron chi connectivity index (χ1n) is 10.3. The largest absolute Gasteiger partial charge is 0.338 e. The average molecular weight is 484 g/mol. The molecule has 3 aromatic heterocycles. The third kappa shape index (κ3) is 5.31. The van der Waals surface area contributed by atoms with Crippen molar-refractivity contribution in [3.63, 3.8) is 0 Å². The van der Waals surface area contributed by atoms with E-state index < -0.39 is 6.03 Å². The van der Waals surface area contributed by atoms with Gasteiger partial charge in [0.2, 0.25) is 11.0 Å². The maximum atomic E-state index is 13.2. The second-order valence-corrected chi connectivity index (χ2v) is 8.36. The molecule has 2 N–H and O–H groups in total. The van der Waals surface area contributed by atoms with Gasteiger partial charge < -0.3 is 10.2 Å². The van der Waals surface area contributed by atoms with Gasteiger partial charge in [-0.3, -0.25) is 10.1 Å². The monoisotopic (exact) mass is 483 g/mol. The van der Waals surface area contributed by atoms with Crippen molar-refractivity contribution < 1.29 is 14.0 Å². The van der Waals surface area contributed by atoms with E-state index in [2.05, 4.69) is 35.1 Å². The number of urea groups is 1. The zero-order chi connectivity index (χ0) is 24.2. The standard InChI is InChI=1S/C21H22FN9O2S/c1-12-16(13(2)31-19(26-12)24-11-25-31)8-18(32)30(3)10-17-27-21(34-29-17)28-20(33)23-9-14-5-4-6-15(22)7-14/h4-7,11H,8-10H2,1-3H3,(H2,23,27,28,29,33). The van der Waals surface area contributed by atoms with Crippen LogP contribution >= 0.6 is 11.5 Å². The number of nitrogens with zero attached hydrogens (tertiary/aromatic N) is 7. The van der Waals surface area contributed by atoms with Gasteiger partial charge in [-0.05, 0) is 31.5 Å². The van der Waals surface area contributed by atoms with E-state index in [9.17, 15) is 14.0 Å². The number of halogens is 1. The van der Waals surface area contributed by atoms with Crippen LogP contribution in [0.3, 0.4) is 0 Å². The molecule has 1 aromatic carbocycles. The van der Waals surface area contributed by atoms with Gasteiger partial charge in [0, 0.05) is 42.1 Å². The van der Waals surface area contributed by atoms with Crippen LogP contribution in [0.25, 0.3) is 5.78 Å². The highest BCUT2D eigenvalue weighted by Crippen LogP contribution is 2.16. The van der Waals surface area contributed by atoms with Crippen LogP contribution in [-0.4, -0.2) is 52.8 Å². The summed E-state index contributed by atoms with van der Waals surface area (Å²) in [5.41, 5.74) is 2.96. The van der Waals surface area contributed by atoms with Crippen molar-refractivity contribution in [2.75, 3.05) is 12.4 Å². The van der Waals surface area contributed by atoms with Crippen LogP contribution in [0, 0.1) is 19.7 Å². The molecule has 13 heteroatoms. The van der Waals surface area contributed by atoms with Gasteiger partial charge >= 0.3 is 6.03 Å². The van der Waals surface area contributed by atoms with Gasteiger partial charge in [0.15, 0.2) is 5.82 Å². The minimum Gasteiger partial charge on any atom is -0.338 e. The fourth-order valence-electron chi connectivity index (χ4n) is 3.34. The number of hydrogen-bond acceptors (Lipinski definition) is 8. The van der Waals surface area contributed by atoms with E-state index in [4.69, 9.17) is 0 Å². The van der Waals surface area contributed by atoms with Crippen LogP contribution in [-0.2, 0) is 24.3 Å². The summed E-state index contributed by atoms with van der Waals surface area (Å²) in [7, 11) is 1.66.